The van der Waals surface area contributed by atoms with Crippen molar-refractivity contribution in [1.82, 2.24) is 9.80 Å². The summed E-state index contributed by atoms with van der Waals surface area (Å²) in [5.74, 6) is -1.48. The molecule has 1 atom stereocenters. The first kappa shape index (κ1) is 18.0. The van der Waals surface area contributed by atoms with Crippen LogP contribution in [-0.2, 0) is 9.59 Å². The van der Waals surface area contributed by atoms with Crippen molar-refractivity contribution >= 4 is 24.2 Å². The Morgan fingerprint density at radius 1 is 1.29 bits per heavy atom. The lowest BCUT2D eigenvalue weighted by Crippen LogP contribution is -2.45. The summed E-state index contributed by atoms with van der Waals surface area (Å²) < 4.78 is 36.9. The van der Waals surface area contributed by atoms with E-state index < -0.39 is 24.5 Å². The van der Waals surface area contributed by atoms with Crippen LogP contribution in [0.25, 0.3) is 0 Å². The predicted octanol–water partition coefficient (Wildman–Crippen LogP) is 0.769. The number of alkyl halides is 3. The summed E-state index contributed by atoms with van der Waals surface area (Å²) in [6.07, 6.45) is -3.17. The van der Waals surface area contributed by atoms with Crippen molar-refractivity contribution in [2.24, 2.45) is 11.7 Å². The Morgan fingerprint density at radius 3 is 2.38 bits per heavy atom. The molecule has 2 amide bonds. The van der Waals surface area contributed by atoms with Gasteiger partial charge in [0.15, 0.2) is 0 Å². The Labute approximate surface area is 127 Å². The number of nitrogens with zero attached hydrogens (tertiary/aromatic N) is 2. The zero-order valence-corrected chi connectivity index (χ0v) is 12.3. The lowest BCUT2D eigenvalue weighted by atomic mass is 10.0. The molecule has 2 saturated heterocycles. The SMILES string of the molecule is Cl.NC1CCN(C(=O)C2CC(=O)N(CC(F)(F)F)C2)CC1. The molecule has 21 heavy (non-hydrogen) atoms. The van der Waals surface area contributed by atoms with E-state index in [-0.39, 0.29) is 37.3 Å². The molecule has 2 heterocycles. The summed E-state index contributed by atoms with van der Waals surface area (Å²) in [5.41, 5.74) is 5.74. The molecule has 0 radical (unpaired) electrons. The fourth-order valence-corrected chi connectivity index (χ4v) is 2.68. The second-order valence-electron chi connectivity index (χ2n) is 5.45. The van der Waals surface area contributed by atoms with Gasteiger partial charge in [-0.25, -0.2) is 0 Å². The molecule has 0 spiro atoms. The minimum Gasteiger partial charge on any atom is -0.342 e. The molecule has 1 unspecified atom stereocenters. The van der Waals surface area contributed by atoms with E-state index in [1.165, 1.54) is 0 Å². The molecular formula is C12H19ClF3N3O2. The van der Waals surface area contributed by atoms with E-state index in [2.05, 4.69) is 0 Å². The highest BCUT2D eigenvalue weighted by molar-refractivity contribution is 5.89. The van der Waals surface area contributed by atoms with Gasteiger partial charge in [0, 0.05) is 32.1 Å². The molecule has 0 aromatic carbocycles. The van der Waals surface area contributed by atoms with Crippen LogP contribution in [-0.4, -0.2) is 60.0 Å². The monoisotopic (exact) mass is 329 g/mol. The summed E-state index contributed by atoms with van der Waals surface area (Å²) in [5, 5.41) is 0. The van der Waals surface area contributed by atoms with Crippen molar-refractivity contribution in [2.45, 2.75) is 31.5 Å². The maximum Gasteiger partial charge on any atom is 0.406 e. The standard InChI is InChI=1S/C12H18F3N3O2.ClH/c13-12(14,15)7-18-6-8(5-10(18)19)11(20)17-3-1-9(16)2-4-17;/h8-9H,1-7,16H2;1H. The highest BCUT2D eigenvalue weighted by Crippen LogP contribution is 2.25. The van der Waals surface area contributed by atoms with Gasteiger partial charge in [-0.1, -0.05) is 0 Å². The fraction of sp³-hybridized carbons (Fsp3) is 0.833. The third-order valence-corrected chi connectivity index (χ3v) is 3.79. The maximum atomic E-state index is 12.3. The summed E-state index contributed by atoms with van der Waals surface area (Å²) in [4.78, 5) is 26.1. The second-order valence-corrected chi connectivity index (χ2v) is 5.45. The van der Waals surface area contributed by atoms with Gasteiger partial charge in [-0.05, 0) is 12.8 Å². The molecular weight excluding hydrogens is 311 g/mol. The Hall–Kier alpha value is -1.02. The van der Waals surface area contributed by atoms with E-state index >= 15 is 0 Å². The number of likely N-dealkylation sites (tertiary alicyclic amines) is 2. The lowest BCUT2D eigenvalue weighted by molar-refractivity contribution is -0.157. The lowest BCUT2D eigenvalue weighted by Gasteiger charge is -2.32. The van der Waals surface area contributed by atoms with Crippen LogP contribution < -0.4 is 5.73 Å². The minimum absolute atomic E-state index is 0. The zero-order valence-electron chi connectivity index (χ0n) is 11.4. The smallest absolute Gasteiger partial charge is 0.342 e. The first-order chi connectivity index (χ1) is 9.26. The molecule has 0 aromatic heterocycles. The molecule has 5 nitrogen and oxygen atoms in total. The van der Waals surface area contributed by atoms with Gasteiger partial charge in [0.2, 0.25) is 11.8 Å². The molecule has 2 fully saturated rings. The highest BCUT2D eigenvalue weighted by atomic mass is 35.5. The second kappa shape index (κ2) is 6.83. The summed E-state index contributed by atoms with van der Waals surface area (Å²) in [7, 11) is 0. The van der Waals surface area contributed by atoms with Crippen LogP contribution >= 0.6 is 12.4 Å². The summed E-state index contributed by atoms with van der Waals surface area (Å²) in [6, 6.07) is 0.0750. The number of rotatable bonds is 2. The van der Waals surface area contributed by atoms with Gasteiger partial charge in [0.05, 0.1) is 5.92 Å². The van der Waals surface area contributed by atoms with Gasteiger partial charge in [0.1, 0.15) is 6.54 Å². The predicted molar refractivity (Wildman–Crippen MR) is 71.8 cm³/mol. The molecule has 2 aliphatic heterocycles. The van der Waals surface area contributed by atoms with E-state index in [4.69, 9.17) is 5.73 Å². The third kappa shape index (κ3) is 4.74. The molecule has 2 rings (SSSR count). The van der Waals surface area contributed by atoms with Gasteiger partial charge in [-0.2, -0.15) is 13.2 Å². The number of piperidine rings is 1. The minimum atomic E-state index is -4.43. The third-order valence-electron chi connectivity index (χ3n) is 3.79. The Morgan fingerprint density at radius 2 is 1.86 bits per heavy atom. The fourth-order valence-electron chi connectivity index (χ4n) is 2.68. The number of halogens is 4. The molecule has 0 bridgehead atoms. The maximum absolute atomic E-state index is 12.3. The van der Waals surface area contributed by atoms with Crippen molar-refractivity contribution in [1.29, 1.82) is 0 Å². The molecule has 9 heteroatoms. The molecule has 0 aliphatic carbocycles. The number of carbonyl (C=O) groups is 2. The molecule has 2 N–H and O–H groups in total. The van der Waals surface area contributed by atoms with Gasteiger partial charge < -0.3 is 15.5 Å². The van der Waals surface area contributed by atoms with Gasteiger partial charge in [-0.3, -0.25) is 9.59 Å². The summed E-state index contributed by atoms with van der Waals surface area (Å²) in [6.45, 7) is -0.381. The number of amides is 2. The van der Waals surface area contributed by atoms with Crippen molar-refractivity contribution < 1.29 is 22.8 Å². The first-order valence-electron chi connectivity index (χ1n) is 6.65. The Balaban J connectivity index is 0.00000220. The largest absolute Gasteiger partial charge is 0.406 e. The van der Waals surface area contributed by atoms with Crippen LogP contribution in [0, 0.1) is 5.92 Å². The zero-order chi connectivity index (χ0) is 14.9. The van der Waals surface area contributed by atoms with E-state index in [9.17, 15) is 22.8 Å². The van der Waals surface area contributed by atoms with Gasteiger partial charge in [-0.15, -0.1) is 12.4 Å². The molecule has 2 aliphatic rings. The molecule has 122 valence electrons. The number of hydrogen-bond donors (Lipinski definition) is 1. The molecule has 0 aromatic rings. The van der Waals surface area contributed by atoms with E-state index in [0.717, 1.165) is 4.90 Å². The Kier molecular flexibility index (Phi) is 5.86. The normalized spacial score (nSPS) is 24.2. The number of nitrogens with two attached hydrogens (primary N) is 1. The van der Waals surface area contributed by atoms with Crippen LogP contribution in [0.4, 0.5) is 13.2 Å². The van der Waals surface area contributed by atoms with E-state index in [1.54, 1.807) is 4.90 Å². The Bertz CT molecular complexity index is 398. The van der Waals surface area contributed by atoms with Crippen molar-refractivity contribution in [3.8, 4) is 0 Å². The van der Waals surface area contributed by atoms with Crippen LogP contribution in [0.3, 0.4) is 0 Å². The van der Waals surface area contributed by atoms with E-state index in [1.807, 2.05) is 0 Å². The van der Waals surface area contributed by atoms with Crippen molar-refractivity contribution in [3.05, 3.63) is 0 Å². The van der Waals surface area contributed by atoms with Crippen molar-refractivity contribution in [3.63, 3.8) is 0 Å². The van der Waals surface area contributed by atoms with Crippen LogP contribution in [0.2, 0.25) is 0 Å². The highest BCUT2D eigenvalue weighted by Gasteiger charge is 2.41. The van der Waals surface area contributed by atoms with Gasteiger partial charge in [0.25, 0.3) is 0 Å². The van der Waals surface area contributed by atoms with Gasteiger partial charge >= 0.3 is 6.18 Å². The van der Waals surface area contributed by atoms with Crippen molar-refractivity contribution in [2.75, 3.05) is 26.2 Å². The molecule has 0 saturated carbocycles. The quantitative estimate of drug-likeness (QED) is 0.813. The summed E-state index contributed by atoms with van der Waals surface area (Å²) >= 11 is 0. The van der Waals surface area contributed by atoms with Crippen LogP contribution in [0.15, 0.2) is 0 Å². The topological polar surface area (TPSA) is 66.6 Å². The van der Waals surface area contributed by atoms with E-state index in [0.29, 0.717) is 25.9 Å². The first-order valence-corrected chi connectivity index (χ1v) is 6.65. The van der Waals surface area contributed by atoms with Crippen LogP contribution in [0.1, 0.15) is 19.3 Å². The number of carbonyl (C=O) groups excluding carboxylic acids is 2. The average Bonchev–Trinajstić information content (AvgIpc) is 2.69. The van der Waals surface area contributed by atoms with Crippen LogP contribution in [0.5, 0.6) is 0 Å². The average molecular weight is 330 g/mol. The number of hydrogen-bond acceptors (Lipinski definition) is 3.